The molecule has 1 atom stereocenters. The monoisotopic (exact) mass is 373 g/mol. The highest BCUT2D eigenvalue weighted by Gasteiger charge is 2.24. The number of amides is 1. The summed E-state index contributed by atoms with van der Waals surface area (Å²) in [6.45, 7) is 7.04. The Balaban J connectivity index is 3.00. The summed E-state index contributed by atoms with van der Waals surface area (Å²) in [5.74, 6) is 0.470. The van der Waals surface area contributed by atoms with Gasteiger partial charge in [-0.25, -0.2) is 13.1 Å². The van der Waals surface area contributed by atoms with E-state index in [4.69, 9.17) is 5.73 Å². The summed E-state index contributed by atoms with van der Waals surface area (Å²) >= 11 is 1.62. The third-order valence-electron chi connectivity index (χ3n) is 3.16. The van der Waals surface area contributed by atoms with E-state index in [1.165, 1.54) is 6.07 Å². The highest BCUT2D eigenvalue weighted by atomic mass is 32.2. The van der Waals surface area contributed by atoms with Crippen LogP contribution in [-0.2, 0) is 14.8 Å². The van der Waals surface area contributed by atoms with Crippen molar-refractivity contribution in [2.75, 3.05) is 17.3 Å². The quantitative estimate of drug-likeness (QED) is 0.679. The van der Waals surface area contributed by atoms with Crippen molar-refractivity contribution in [3.05, 3.63) is 23.8 Å². The van der Waals surface area contributed by atoms with Crippen molar-refractivity contribution >= 4 is 33.4 Å². The van der Waals surface area contributed by atoms with Crippen LogP contribution in [0.3, 0.4) is 0 Å². The van der Waals surface area contributed by atoms with Crippen LogP contribution >= 0.6 is 11.8 Å². The van der Waals surface area contributed by atoms with Gasteiger partial charge in [0.15, 0.2) is 0 Å². The molecule has 8 heteroatoms. The summed E-state index contributed by atoms with van der Waals surface area (Å²) in [7, 11) is -3.68. The van der Waals surface area contributed by atoms with Gasteiger partial charge in [0, 0.05) is 11.2 Å². The standard InChI is InChI=1S/C16H27N3O3S2/c1-11-6-7-12(18-15(20)13(17)8-9-23-5)10-14(11)24(21,22)19-16(2,3)4/h6-7,10,13,19H,8-9,17H2,1-5H3,(H,18,20)/t13-/m0/s1. The molecule has 0 aromatic heterocycles. The Labute approximate surface area is 149 Å². The normalized spacial score (nSPS) is 13.6. The first-order valence-electron chi connectivity index (χ1n) is 7.66. The van der Waals surface area contributed by atoms with Crippen molar-refractivity contribution in [3.63, 3.8) is 0 Å². The lowest BCUT2D eigenvalue weighted by Gasteiger charge is -2.21. The predicted molar refractivity (Wildman–Crippen MR) is 101 cm³/mol. The summed E-state index contributed by atoms with van der Waals surface area (Å²) in [4.78, 5) is 12.2. The summed E-state index contributed by atoms with van der Waals surface area (Å²) < 4.78 is 27.7. The Hall–Kier alpha value is -1.09. The number of rotatable bonds is 7. The maximum absolute atomic E-state index is 12.5. The second kappa shape index (κ2) is 8.33. The molecule has 6 nitrogen and oxygen atoms in total. The van der Waals surface area contributed by atoms with Gasteiger partial charge in [0.25, 0.3) is 0 Å². The zero-order chi connectivity index (χ0) is 18.5. The number of sulfonamides is 1. The summed E-state index contributed by atoms with van der Waals surface area (Å²) in [6, 6.07) is 4.18. The number of hydrogen-bond acceptors (Lipinski definition) is 5. The molecule has 0 aliphatic heterocycles. The van der Waals surface area contributed by atoms with E-state index in [1.807, 2.05) is 6.26 Å². The lowest BCUT2D eigenvalue weighted by Crippen LogP contribution is -2.40. The zero-order valence-electron chi connectivity index (χ0n) is 14.8. The first-order valence-corrected chi connectivity index (χ1v) is 10.5. The highest BCUT2D eigenvalue weighted by Crippen LogP contribution is 2.22. The molecular formula is C16H27N3O3S2. The molecule has 0 saturated heterocycles. The minimum Gasteiger partial charge on any atom is -0.325 e. The van der Waals surface area contributed by atoms with Gasteiger partial charge in [0.2, 0.25) is 15.9 Å². The fourth-order valence-electron chi connectivity index (χ4n) is 2.04. The summed E-state index contributed by atoms with van der Waals surface area (Å²) in [5.41, 5.74) is 6.26. The Kier molecular flexibility index (Phi) is 7.27. The number of carbonyl (C=O) groups excluding carboxylic acids is 1. The second-order valence-electron chi connectivity index (χ2n) is 6.71. The van der Waals surface area contributed by atoms with Crippen molar-refractivity contribution in [3.8, 4) is 0 Å². The van der Waals surface area contributed by atoms with E-state index >= 15 is 0 Å². The average molecular weight is 374 g/mol. The zero-order valence-corrected chi connectivity index (χ0v) is 16.5. The van der Waals surface area contributed by atoms with E-state index in [1.54, 1.807) is 51.6 Å². The van der Waals surface area contributed by atoms with Crippen LogP contribution in [-0.4, -0.2) is 37.9 Å². The molecule has 0 unspecified atom stereocenters. The smallest absolute Gasteiger partial charge is 0.241 e. The van der Waals surface area contributed by atoms with Gasteiger partial charge in [-0.05, 0) is 63.8 Å². The molecular weight excluding hydrogens is 346 g/mol. The molecule has 0 aliphatic carbocycles. The average Bonchev–Trinajstić information content (AvgIpc) is 2.43. The van der Waals surface area contributed by atoms with Gasteiger partial charge >= 0.3 is 0 Å². The summed E-state index contributed by atoms with van der Waals surface area (Å²) in [5, 5.41) is 2.69. The van der Waals surface area contributed by atoms with Gasteiger partial charge in [-0.1, -0.05) is 6.07 Å². The van der Waals surface area contributed by atoms with Crippen molar-refractivity contribution in [2.24, 2.45) is 5.73 Å². The maximum Gasteiger partial charge on any atom is 0.241 e. The molecule has 0 heterocycles. The third kappa shape index (κ3) is 6.43. The van der Waals surface area contributed by atoms with Crippen LogP contribution in [0.15, 0.2) is 23.1 Å². The molecule has 0 fully saturated rings. The van der Waals surface area contributed by atoms with Crippen LogP contribution in [0, 0.1) is 6.92 Å². The maximum atomic E-state index is 12.5. The van der Waals surface area contributed by atoms with Gasteiger partial charge in [0.1, 0.15) is 0 Å². The Bertz CT molecular complexity index is 682. The Morgan fingerprint density at radius 2 is 1.96 bits per heavy atom. The molecule has 1 amide bonds. The van der Waals surface area contributed by atoms with Crippen LogP contribution in [0.1, 0.15) is 32.8 Å². The molecule has 0 aliphatic rings. The van der Waals surface area contributed by atoms with E-state index < -0.39 is 21.6 Å². The molecule has 0 saturated carbocycles. The van der Waals surface area contributed by atoms with E-state index in [9.17, 15) is 13.2 Å². The number of hydrogen-bond donors (Lipinski definition) is 3. The Morgan fingerprint density at radius 3 is 2.50 bits per heavy atom. The lowest BCUT2D eigenvalue weighted by atomic mass is 10.1. The molecule has 4 N–H and O–H groups in total. The minimum atomic E-state index is -3.68. The first kappa shape index (κ1) is 21.0. The Morgan fingerprint density at radius 1 is 1.33 bits per heavy atom. The van der Waals surface area contributed by atoms with Crippen molar-refractivity contribution in [1.29, 1.82) is 0 Å². The number of thioether (sulfide) groups is 1. The van der Waals surface area contributed by atoms with E-state index in [0.717, 1.165) is 5.75 Å². The van der Waals surface area contributed by atoms with Crippen molar-refractivity contribution in [1.82, 2.24) is 4.72 Å². The SMILES string of the molecule is CSCC[C@H](N)C(=O)Nc1ccc(C)c(S(=O)(=O)NC(C)(C)C)c1. The number of carbonyl (C=O) groups is 1. The van der Waals surface area contributed by atoms with Gasteiger partial charge in [-0.3, -0.25) is 4.79 Å². The molecule has 1 aromatic rings. The topological polar surface area (TPSA) is 101 Å². The predicted octanol–water partition coefficient (Wildman–Crippen LogP) is 2.09. The van der Waals surface area contributed by atoms with Gasteiger partial charge in [-0.15, -0.1) is 0 Å². The van der Waals surface area contributed by atoms with Crippen LogP contribution < -0.4 is 15.8 Å². The fourth-order valence-corrected chi connectivity index (χ4v) is 4.22. The largest absolute Gasteiger partial charge is 0.325 e. The van der Waals surface area contributed by atoms with Crippen LogP contribution in [0.4, 0.5) is 5.69 Å². The summed E-state index contributed by atoms with van der Waals surface area (Å²) in [6.07, 6.45) is 2.51. The molecule has 1 aromatic carbocycles. The number of benzene rings is 1. The number of aryl methyl sites for hydroxylation is 1. The molecule has 0 bridgehead atoms. The van der Waals surface area contributed by atoms with E-state index in [2.05, 4.69) is 10.0 Å². The van der Waals surface area contributed by atoms with E-state index in [-0.39, 0.29) is 10.8 Å². The minimum absolute atomic E-state index is 0.146. The number of anilines is 1. The molecule has 0 spiro atoms. The molecule has 1 rings (SSSR count). The van der Waals surface area contributed by atoms with Crippen LogP contribution in [0.5, 0.6) is 0 Å². The van der Waals surface area contributed by atoms with Gasteiger partial charge in [-0.2, -0.15) is 11.8 Å². The van der Waals surface area contributed by atoms with E-state index in [0.29, 0.717) is 17.7 Å². The fraction of sp³-hybridized carbons (Fsp3) is 0.562. The van der Waals surface area contributed by atoms with Crippen LogP contribution in [0.25, 0.3) is 0 Å². The third-order valence-corrected chi connectivity index (χ3v) is 5.70. The van der Waals surface area contributed by atoms with Gasteiger partial charge in [0.05, 0.1) is 10.9 Å². The molecule has 0 radical (unpaired) electrons. The van der Waals surface area contributed by atoms with Gasteiger partial charge < -0.3 is 11.1 Å². The molecule has 136 valence electrons. The van der Waals surface area contributed by atoms with Crippen LogP contribution in [0.2, 0.25) is 0 Å². The number of nitrogens with one attached hydrogen (secondary N) is 2. The van der Waals surface area contributed by atoms with Crippen molar-refractivity contribution < 1.29 is 13.2 Å². The molecule has 24 heavy (non-hydrogen) atoms. The van der Waals surface area contributed by atoms with Crippen molar-refractivity contribution in [2.45, 2.75) is 50.6 Å². The second-order valence-corrected chi connectivity index (χ2v) is 9.35. The first-order chi connectivity index (χ1) is 11.0. The highest BCUT2D eigenvalue weighted by molar-refractivity contribution is 7.98. The number of nitrogens with two attached hydrogens (primary N) is 1. The lowest BCUT2D eigenvalue weighted by molar-refractivity contribution is -0.117.